The molecule has 2 amide bonds. The molecule has 1 aromatic heterocycles. The van der Waals surface area contributed by atoms with Gasteiger partial charge in [-0.1, -0.05) is 6.07 Å². The van der Waals surface area contributed by atoms with Gasteiger partial charge in [-0.05, 0) is 49.6 Å². The number of hydrogen-bond acceptors (Lipinski definition) is 3. The third-order valence-electron chi connectivity index (χ3n) is 3.37. The number of pyridine rings is 1. The fraction of sp³-hybridized carbons (Fsp3) is 0.294. The SMILES string of the molecule is CCN(CCc1ccccn1)C(=O)Nc1ccc(SC)cc1. The van der Waals surface area contributed by atoms with Crippen LogP contribution < -0.4 is 5.32 Å². The first-order chi connectivity index (χ1) is 10.7. The van der Waals surface area contributed by atoms with E-state index in [1.165, 1.54) is 4.90 Å². The Balaban J connectivity index is 1.90. The number of urea groups is 1. The van der Waals surface area contributed by atoms with Crippen molar-refractivity contribution in [1.82, 2.24) is 9.88 Å². The van der Waals surface area contributed by atoms with Crippen LogP contribution in [0.3, 0.4) is 0 Å². The van der Waals surface area contributed by atoms with Crippen LogP contribution in [0.1, 0.15) is 12.6 Å². The van der Waals surface area contributed by atoms with Crippen LogP contribution in [0.15, 0.2) is 53.6 Å². The van der Waals surface area contributed by atoms with Crippen molar-refractivity contribution in [2.24, 2.45) is 0 Å². The van der Waals surface area contributed by atoms with Crippen LogP contribution in [0.4, 0.5) is 10.5 Å². The summed E-state index contributed by atoms with van der Waals surface area (Å²) in [6.07, 6.45) is 4.57. The molecule has 116 valence electrons. The van der Waals surface area contributed by atoms with Crippen LogP contribution in [0, 0.1) is 0 Å². The van der Waals surface area contributed by atoms with Crippen molar-refractivity contribution in [2.45, 2.75) is 18.2 Å². The Morgan fingerprint density at radius 2 is 2.00 bits per heavy atom. The quantitative estimate of drug-likeness (QED) is 0.822. The van der Waals surface area contributed by atoms with Gasteiger partial charge >= 0.3 is 6.03 Å². The van der Waals surface area contributed by atoms with Crippen LogP contribution in [0.2, 0.25) is 0 Å². The van der Waals surface area contributed by atoms with E-state index in [4.69, 9.17) is 0 Å². The van der Waals surface area contributed by atoms with Gasteiger partial charge in [-0.25, -0.2) is 4.79 Å². The van der Waals surface area contributed by atoms with Gasteiger partial charge in [-0.3, -0.25) is 4.98 Å². The van der Waals surface area contributed by atoms with E-state index >= 15 is 0 Å². The highest BCUT2D eigenvalue weighted by Gasteiger charge is 2.11. The molecule has 1 heterocycles. The monoisotopic (exact) mass is 315 g/mol. The number of carbonyl (C=O) groups is 1. The average Bonchev–Trinajstić information content (AvgIpc) is 2.57. The second-order valence-electron chi connectivity index (χ2n) is 4.81. The number of nitrogens with one attached hydrogen (secondary N) is 1. The number of aromatic nitrogens is 1. The number of benzene rings is 1. The molecule has 1 N–H and O–H groups in total. The first kappa shape index (κ1) is 16.4. The molecule has 5 heteroatoms. The summed E-state index contributed by atoms with van der Waals surface area (Å²) in [7, 11) is 0. The van der Waals surface area contributed by atoms with E-state index in [9.17, 15) is 4.79 Å². The summed E-state index contributed by atoms with van der Waals surface area (Å²) in [5, 5.41) is 2.94. The van der Waals surface area contributed by atoms with E-state index in [0.29, 0.717) is 13.1 Å². The molecule has 0 aliphatic rings. The molecule has 0 saturated heterocycles. The first-order valence-corrected chi connectivity index (χ1v) is 8.55. The maximum absolute atomic E-state index is 12.3. The number of carbonyl (C=O) groups excluding carboxylic acids is 1. The summed E-state index contributed by atoms with van der Waals surface area (Å²) in [6.45, 7) is 3.30. The number of amides is 2. The van der Waals surface area contributed by atoms with E-state index in [0.717, 1.165) is 17.8 Å². The van der Waals surface area contributed by atoms with Gasteiger partial charge in [-0.15, -0.1) is 11.8 Å². The largest absolute Gasteiger partial charge is 0.324 e. The maximum Gasteiger partial charge on any atom is 0.321 e. The van der Waals surface area contributed by atoms with Gasteiger partial charge in [0.15, 0.2) is 0 Å². The van der Waals surface area contributed by atoms with Gasteiger partial charge in [0.1, 0.15) is 0 Å². The summed E-state index contributed by atoms with van der Waals surface area (Å²) in [5.41, 5.74) is 1.82. The zero-order valence-electron chi connectivity index (χ0n) is 13.0. The molecule has 0 aliphatic heterocycles. The van der Waals surface area contributed by atoms with Gasteiger partial charge < -0.3 is 10.2 Å². The van der Waals surface area contributed by atoms with Gasteiger partial charge in [-0.2, -0.15) is 0 Å². The number of anilines is 1. The molecule has 0 radical (unpaired) electrons. The van der Waals surface area contributed by atoms with Crippen LogP contribution in [-0.4, -0.2) is 35.3 Å². The Kier molecular flexibility index (Phi) is 6.27. The molecule has 0 spiro atoms. The second-order valence-corrected chi connectivity index (χ2v) is 5.69. The number of nitrogens with zero attached hydrogens (tertiary/aromatic N) is 2. The summed E-state index contributed by atoms with van der Waals surface area (Å²) in [5.74, 6) is 0. The third kappa shape index (κ3) is 4.77. The summed E-state index contributed by atoms with van der Waals surface area (Å²) in [6, 6.07) is 13.6. The lowest BCUT2D eigenvalue weighted by molar-refractivity contribution is 0.215. The molecular weight excluding hydrogens is 294 g/mol. The third-order valence-corrected chi connectivity index (χ3v) is 4.12. The molecule has 0 unspecified atom stereocenters. The molecule has 22 heavy (non-hydrogen) atoms. The smallest absolute Gasteiger partial charge is 0.321 e. The van der Waals surface area contributed by atoms with Crippen molar-refractivity contribution in [3.63, 3.8) is 0 Å². The number of rotatable bonds is 6. The van der Waals surface area contributed by atoms with Gasteiger partial charge in [0.25, 0.3) is 0 Å². The highest BCUT2D eigenvalue weighted by molar-refractivity contribution is 7.98. The standard InChI is InChI=1S/C17H21N3OS/c1-3-20(13-11-14-6-4-5-12-18-14)17(21)19-15-7-9-16(22-2)10-8-15/h4-10,12H,3,11,13H2,1-2H3,(H,19,21). The van der Waals surface area contributed by atoms with E-state index < -0.39 is 0 Å². The van der Waals surface area contributed by atoms with E-state index in [1.807, 2.05) is 55.6 Å². The zero-order chi connectivity index (χ0) is 15.8. The lowest BCUT2D eigenvalue weighted by Gasteiger charge is -2.21. The van der Waals surface area contributed by atoms with Gasteiger partial charge in [0, 0.05) is 42.0 Å². The Bertz CT molecular complexity index is 587. The molecule has 0 fully saturated rings. The molecule has 0 atom stereocenters. The highest BCUT2D eigenvalue weighted by atomic mass is 32.2. The Hall–Kier alpha value is -2.01. The predicted molar refractivity (Wildman–Crippen MR) is 92.4 cm³/mol. The highest BCUT2D eigenvalue weighted by Crippen LogP contribution is 2.17. The van der Waals surface area contributed by atoms with Gasteiger partial charge in [0.2, 0.25) is 0 Å². The maximum atomic E-state index is 12.3. The van der Waals surface area contributed by atoms with Gasteiger partial charge in [0.05, 0.1) is 0 Å². The number of hydrogen-bond donors (Lipinski definition) is 1. The Morgan fingerprint density at radius 3 is 2.59 bits per heavy atom. The van der Waals surface area contributed by atoms with Crippen LogP contribution in [-0.2, 0) is 6.42 Å². The van der Waals surface area contributed by atoms with Crippen molar-refractivity contribution in [3.05, 3.63) is 54.4 Å². The molecule has 0 bridgehead atoms. The fourth-order valence-electron chi connectivity index (χ4n) is 2.08. The molecule has 0 aliphatic carbocycles. The van der Waals surface area contributed by atoms with Crippen molar-refractivity contribution in [1.29, 1.82) is 0 Å². The minimum atomic E-state index is -0.0738. The predicted octanol–water partition coefficient (Wildman–Crippen LogP) is 3.90. The van der Waals surface area contributed by atoms with E-state index in [2.05, 4.69) is 10.3 Å². The van der Waals surface area contributed by atoms with Crippen molar-refractivity contribution < 1.29 is 4.79 Å². The van der Waals surface area contributed by atoms with Crippen LogP contribution in [0.25, 0.3) is 0 Å². The normalized spacial score (nSPS) is 10.3. The summed E-state index contributed by atoms with van der Waals surface area (Å²) >= 11 is 1.68. The van der Waals surface area contributed by atoms with E-state index in [-0.39, 0.29) is 6.03 Å². The molecule has 0 saturated carbocycles. The molecule has 2 aromatic rings. The zero-order valence-corrected chi connectivity index (χ0v) is 13.8. The fourth-order valence-corrected chi connectivity index (χ4v) is 2.48. The number of likely N-dealkylation sites (N-methyl/N-ethyl adjacent to an activating group) is 1. The lowest BCUT2D eigenvalue weighted by atomic mass is 10.2. The van der Waals surface area contributed by atoms with Crippen LogP contribution >= 0.6 is 11.8 Å². The molecule has 1 aromatic carbocycles. The molecular formula is C17H21N3OS. The molecule has 4 nitrogen and oxygen atoms in total. The Morgan fingerprint density at radius 1 is 1.23 bits per heavy atom. The van der Waals surface area contributed by atoms with Crippen molar-refractivity contribution >= 4 is 23.5 Å². The first-order valence-electron chi connectivity index (χ1n) is 7.33. The number of thioether (sulfide) groups is 1. The summed E-state index contributed by atoms with van der Waals surface area (Å²) in [4.78, 5) is 19.6. The minimum Gasteiger partial charge on any atom is -0.324 e. The Labute approximate surface area is 135 Å². The molecule has 2 rings (SSSR count). The lowest BCUT2D eigenvalue weighted by Crippen LogP contribution is -2.36. The topological polar surface area (TPSA) is 45.2 Å². The van der Waals surface area contributed by atoms with Crippen molar-refractivity contribution in [3.8, 4) is 0 Å². The van der Waals surface area contributed by atoms with E-state index in [1.54, 1.807) is 22.9 Å². The summed E-state index contributed by atoms with van der Waals surface area (Å²) < 4.78 is 0. The average molecular weight is 315 g/mol. The van der Waals surface area contributed by atoms with Crippen molar-refractivity contribution in [2.75, 3.05) is 24.7 Å². The second kappa shape index (κ2) is 8.44. The van der Waals surface area contributed by atoms with Crippen LogP contribution in [0.5, 0.6) is 0 Å². The minimum absolute atomic E-state index is 0.0738.